The van der Waals surface area contributed by atoms with Gasteiger partial charge < -0.3 is 9.47 Å². The Morgan fingerprint density at radius 1 is 1.33 bits per heavy atom. The van der Waals surface area contributed by atoms with Gasteiger partial charge in [0.15, 0.2) is 0 Å². The molecule has 2 unspecified atom stereocenters. The van der Waals surface area contributed by atoms with E-state index in [2.05, 4.69) is 4.74 Å². The maximum atomic E-state index is 12.3. The van der Waals surface area contributed by atoms with Crippen molar-refractivity contribution in [2.45, 2.75) is 24.5 Å². The van der Waals surface area contributed by atoms with Crippen LogP contribution in [0.15, 0.2) is 0 Å². The molecule has 1 aliphatic rings. The van der Waals surface area contributed by atoms with E-state index in [0.717, 1.165) is 6.42 Å². The summed E-state index contributed by atoms with van der Waals surface area (Å²) in [7, 11) is 0.864. The highest BCUT2D eigenvalue weighted by Crippen LogP contribution is 2.33. The fourth-order valence-corrected chi connectivity index (χ4v) is 4.20. The molecule has 0 heterocycles. The van der Waals surface area contributed by atoms with Crippen LogP contribution in [0.4, 0.5) is 0 Å². The van der Waals surface area contributed by atoms with Crippen LogP contribution in [0.2, 0.25) is 0 Å². The topological polar surface area (TPSA) is 72.9 Å². The molecule has 0 aromatic heterocycles. The van der Waals surface area contributed by atoms with Crippen LogP contribution >= 0.6 is 0 Å². The largest absolute Gasteiger partial charge is 0.469 e. The molecule has 0 spiro atoms. The molecule has 106 valence electrons. The van der Waals surface area contributed by atoms with Crippen LogP contribution in [0.5, 0.6) is 0 Å². The van der Waals surface area contributed by atoms with Crippen LogP contribution in [0, 0.1) is 5.92 Å². The van der Waals surface area contributed by atoms with Gasteiger partial charge in [0.2, 0.25) is 10.0 Å². The van der Waals surface area contributed by atoms with Crippen molar-refractivity contribution >= 4 is 16.0 Å². The first kappa shape index (κ1) is 15.4. The van der Waals surface area contributed by atoms with Crippen molar-refractivity contribution in [3.63, 3.8) is 0 Å². The number of carbonyl (C=O) groups is 1. The summed E-state index contributed by atoms with van der Waals surface area (Å²) >= 11 is 0. The van der Waals surface area contributed by atoms with Crippen molar-refractivity contribution in [1.82, 2.24) is 4.31 Å². The Morgan fingerprint density at radius 3 is 2.56 bits per heavy atom. The van der Waals surface area contributed by atoms with Crippen LogP contribution in [0.1, 0.15) is 19.3 Å². The smallest absolute Gasteiger partial charge is 0.310 e. The number of hydrogen-bond acceptors (Lipinski definition) is 5. The highest BCUT2D eigenvalue weighted by molar-refractivity contribution is 7.89. The third kappa shape index (κ3) is 3.21. The van der Waals surface area contributed by atoms with E-state index in [1.54, 1.807) is 0 Å². The van der Waals surface area contributed by atoms with E-state index in [4.69, 9.17) is 4.74 Å². The molecule has 7 heteroatoms. The van der Waals surface area contributed by atoms with E-state index in [0.29, 0.717) is 26.0 Å². The Bertz CT molecular complexity index is 381. The number of ether oxygens (including phenoxy) is 2. The molecule has 1 saturated carbocycles. The van der Waals surface area contributed by atoms with Crippen LogP contribution in [0.25, 0.3) is 0 Å². The first-order valence-electron chi connectivity index (χ1n) is 5.97. The van der Waals surface area contributed by atoms with Gasteiger partial charge in [-0.3, -0.25) is 4.79 Å². The lowest BCUT2D eigenvalue weighted by molar-refractivity contribution is -0.145. The average molecular weight is 279 g/mol. The van der Waals surface area contributed by atoms with E-state index < -0.39 is 27.2 Å². The van der Waals surface area contributed by atoms with Gasteiger partial charge in [-0.1, -0.05) is 6.42 Å². The highest BCUT2D eigenvalue weighted by atomic mass is 32.2. The van der Waals surface area contributed by atoms with Crippen molar-refractivity contribution < 1.29 is 22.7 Å². The van der Waals surface area contributed by atoms with Gasteiger partial charge in [-0.2, -0.15) is 0 Å². The molecule has 0 aromatic rings. The number of hydrogen-bond donors (Lipinski definition) is 0. The lowest BCUT2D eigenvalue weighted by Gasteiger charge is -2.24. The van der Waals surface area contributed by atoms with Crippen molar-refractivity contribution in [2.75, 3.05) is 34.4 Å². The Hall–Kier alpha value is -0.660. The first-order valence-corrected chi connectivity index (χ1v) is 7.47. The minimum Gasteiger partial charge on any atom is -0.469 e. The van der Waals surface area contributed by atoms with Crippen LogP contribution in [-0.4, -0.2) is 58.4 Å². The Kier molecular flexibility index (Phi) is 5.55. The van der Waals surface area contributed by atoms with E-state index >= 15 is 0 Å². The van der Waals surface area contributed by atoms with E-state index in [-0.39, 0.29) is 0 Å². The lowest BCUT2D eigenvalue weighted by atomic mass is 10.1. The number of rotatable bonds is 6. The molecule has 0 radical (unpaired) electrons. The molecule has 0 aliphatic heterocycles. The summed E-state index contributed by atoms with van der Waals surface area (Å²) in [6, 6.07) is 0. The molecule has 2 atom stereocenters. The second kappa shape index (κ2) is 6.49. The van der Waals surface area contributed by atoms with E-state index in [1.165, 1.54) is 25.6 Å². The van der Waals surface area contributed by atoms with Crippen LogP contribution < -0.4 is 0 Å². The van der Waals surface area contributed by atoms with Crippen LogP contribution in [0.3, 0.4) is 0 Å². The summed E-state index contributed by atoms with van der Waals surface area (Å²) in [5, 5.41) is -0.660. The van der Waals surface area contributed by atoms with Crippen LogP contribution in [-0.2, 0) is 24.3 Å². The normalized spacial score (nSPS) is 24.4. The van der Waals surface area contributed by atoms with Crippen molar-refractivity contribution in [1.29, 1.82) is 0 Å². The monoisotopic (exact) mass is 279 g/mol. The highest BCUT2D eigenvalue weighted by Gasteiger charge is 2.43. The van der Waals surface area contributed by atoms with Gasteiger partial charge in [0, 0.05) is 20.7 Å². The summed E-state index contributed by atoms with van der Waals surface area (Å²) in [5.74, 6) is -0.966. The minimum absolute atomic E-state index is 0.295. The standard InChI is InChI=1S/C11H21NO5S/c1-12(7-8-16-2)18(14,15)10-6-4-5-9(10)11(13)17-3/h9-10H,4-8H2,1-3H3. The quantitative estimate of drug-likeness (QED) is 0.651. The van der Waals surface area contributed by atoms with Gasteiger partial charge in [0.05, 0.1) is 24.9 Å². The zero-order valence-electron chi connectivity index (χ0n) is 11.1. The maximum absolute atomic E-state index is 12.3. The van der Waals surface area contributed by atoms with Gasteiger partial charge in [-0.05, 0) is 12.8 Å². The zero-order valence-corrected chi connectivity index (χ0v) is 11.9. The molecule has 0 bridgehead atoms. The molecule has 1 rings (SSSR count). The Balaban J connectivity index is 2.80. The summed E-state index contributed by atoms with van der Waals surface area (Å²) in [6.45, 7) is 0.633. The van der Waals surface area contributed by atoms with Crippen molar-refractivity contribution in [2.24, 2.45) is 5.92 Å². The fraction of sp³-hybridized carbons (Fsp3) is 0.909. The number of methoxy groups -OCH3 is 2. The van der Waals surface area contributed by atoms with Gasteiger partial charge in [-0.25, -0.2) is 12.7 Å². The molecule has 0 N–H and O–H groups in total. The number of likely N-dealkylation sites (N-methyl/N-ethyl adjacent to an activating group) is 1. The third-order valence-corrected chi connectivity index (χ3v) is 5.76. The molecule has 1 aliphatic carbocycles. The number of sulfonamides is 1. The summed E-state index contributed by atoms with van der Waals surface area (Å²) in [4.78, 5) is 11.6. The van der Waals surface area contributed by atoms with Gasteiger partial charge in [0.1, 0.15) is 0 Å². The van der Waals surface area contributed by atoms with Gasteiger partial charge >= 0.3 is 5.97 Å². The third-order valence-electron chi connectivity index (χ3n) is 3.38. The molecule has 0 aromatic carbocycles. The van der Waals surface area contributed by atoms with E-state index in [1.807, 2.05) is 0 Å². The number of esters is 1. The maximum Gasteiger partial charge on any atom is 0.310 e. The molecule has 0 saturated heterocycles. The predicted octanol–water partition coefficient (Wildman–Crippen LogP) is 0.236. The molecular weight excluding hydrogens is 258 g/mol. The molecule has 18 heavy (non-hydrogen) atoms. The summed E-state index contributed by atoms with van der Waals surface area (Å²) in [5.41, 5.74) is 0. The second-order valence-electron chi connectivity index (χ2n) is 4.46. The lowest BCUT2D eigenvalue weighted by Crippen LogP contribution is -2.41. The van der Waals surface area contributed by atoms with E-state index in [9.17, 15) is 13.2 Å². The number of carbonyl (C=O) groups excluding carboxylic acids is 1. The Morgan fingerprint density at radius 2 is 2.00 bits per heavy atom. The second-order valence-corrected chi connectivity index (χ2v) is 6.72. The average Bonchev–Trinajstić information content (AvgIpc) is 2.84. The summed E-state index contributed by atoms with van der Waals surface area (Å²) in [6.07, 6.45) is 1.83. The zero-order chi connectivity index (χ0) is 13.8. The van der Waals surface area contributed by atoms with Gasteiger partial charge in [-0.15, -0.1) is 0 Å². The van der Waals surface area contributed by atoms with Crippen molar-refractivity contribution in [3.8, 4) is 0 Å². The molecule has 0 amide bonds. The minimum atomic E-state index is -3.46. The Labute approximate surface area is 108 Å². The first-order chi connectivity index (χ1) is 8.45. The predicted molar refractivity (Wildman–Crippen MR) is 66.6 cm³/mol. The molecule has 6 nitrogen and oxygen atoms in total. The van der Waals surface area contributed by atoms with Crippen molar-refractivity contribution in [3.05, 3.63) is 0 Å². The number of nitrogens with zero attached hydrogens (tertiary/aromatic N) is 1. The molecule has 1 fully saturated rings. The van der Waals surface area contributed by atoms with Gasteiger partial charge in [0.25, 0.3) is 0 Å². The SMILES string of the molecule is COCCN(C)S(=O)(=O)C1CCCC1C(=O)OC. The summed E-state index contributed by atoms with van der Waals surface area (Å²) < 4.78 is 35.5. The fourth-order valence-electron chi connectivity index (χ4n) is 2.28. The molecular formula is C11H21NO5S.